The topological polar surface area (TPSA) is 49.8 Å². The molecule has 24 heavy (non-hydrogen) atoms. The molecule has 0 aliphatic heterocycles. The van der Waals surface area contributed by atoms with Gasteiger partial charge < -0.3 is 10.6 Å². The Bertz CT molecular complexity index is 860. The third-order valence-corrected chi connectivity index (χ3v) is 3.60. The van der Waals surface area contributed by atoms with Gasteiger partial charge in [0.05, 0.1) is 0 Å². The van der Waals surface area contributed by atoms with Crippen LogP contribution in [0, 0.1) is 26.6 Å². The fourth-order valence-corrected chi connectivity index (χ4v) is 2.44. The molecule has 0 fully saturated rings. The van der Waals surface area contributed by atoms with Crippen LogP contribution in [0.2, 0.25) is 0 Å². The molecule has 3 rings (SSSR count). The van der Waals surface area contributed by atoms with Crippen LogP contribution in [-0.4, -0.2) is 9.97 Å². The number of hydrogen-bond acceptors (Lipinski definition) is 4. The van der Waals surface area contributed by atoms with Gasteiger partial charge in [-0.1, -0.05) is 17.7 Å². The Labute approximate surface area is 140 Å². The standard InChI is InChI=1S/C19H19FN4/c1-12-4-9-17(13(2)10-12)23-18-11-14(3)21-19(24-18)22-16-7-5-15(20)6-8-16/h4-11H,1-3H3,(H2,21,22,23,24). The third kappa shape index (κ3) is 3.87. The van der Waals surface area contributed by atoms with Crippen molar-refractivity contribution in [2.75, 3.05) is 10.6 Å². The van der Waals surface area contributed by atoms with E-state index in [0.29, 0.717) is 11.8 Å². The van der Waals surface area contributed by atoms with E-state index in [-0.39, 0.29) is 5.82 Å². The van der Waals surface area contributed by atoms with E-state index in [0.717, 1.165) is 22.6 Å². The number of rotatable bonds is 4. The Morgan fingerprint density at radius 2 is 1.58 bits per heavy atom. The van der Waals surface area contributed by atoms with Crippen LogP contribution in [0.15, 0.2) is 48.5 Å². The van der Waals surface area contributed by atoms with Crippen LogP contribution in [0.1, 0.15) is 16.8 Å². The van der Waals surface area contributed by atoms with Gasteiger partial charge in [0, 0.05) is 23.1 Å². The number of nitrogens with one attached hydrogen (secondary N) is 2. The molecule has 0 aliphatic carbocycles. The Morgan fingerprint density at radius 3 is 2.29 bits per heavy atom. The third-order valence-electron chi connectivity index (χ3n) is 3.60. The van der Waals surface area contributed by atoms with Gasteiger partial charge in [-0.05, 0) is 56.7 Å². The zero-order valence-electron chi connectivity index (χ0n) is 13.9. The van der Waals surface area contributed by atoms with Gasteiger partial charge in [-0.2, -0.15) is 4.98 Å². The molecule has 0 radical (unpaired) electrons. The molecule has 1 aromatic heterocycles. The largest absolute Gasteiger partial charge is 0.340 e. The van der Waals surface area contributed by atoms with Crippen molar-refractivity contribution in [2.45, 2.75) is 20.8 Å². The lowest BCUT2D eigenvalue weighted by atomic mass is 10.1. The summed E-state index contributed by atoms with van der Waals surface area (Å²) in [7, 11) is 0. The Kier molecular flexibility index (Phi) is 4.42. The van der Waals surface area contributed by atoms with Gasteiger partial charge >= 0.3 is 0 Å². The molecule has 5 heteroatoms. The van der Waals surface area contributed by atoms with Crippen molar-refractivity contribution in [3.05, 3.63) is 71.2 Å². The minimum Gasteiger partial charge on any atom is -0.340 e. The number of halogens is 1. The summed E-state index contributed by atoms with van der Waals surface area (Å²) in [5, 5.41) is 6.42. The molecule has 0 spiro atoms. The zero-order chi connectivity index (χ0) is 17.1. The molecule has 0 atom stereocenters. The van der Waals surface area contributed by atoms with E-state index in [4.69, 9.17) is 0 Å². The van der Waals surface area contributed by atoms with Crippen LogP contribution >= 0.6 is 0 Å². The van der Waals surface area contributed by atoms with Gasteiger partial charge in [-0.3, -0.25) is 0 Å². The zero-order valence-corrected chi connectivity index (χ0v) is 13.9. The molecule has 0 amide bonds. The van der Waals surface area contributed by atoms with Gasteiger partial charge in [-0.25, -0.2) is 9.37 Å². The molecule has 0 aliphatic rings. The van der Waals surface area contributed by atoms with Crippen LogP contribution in [0.25, 0.3) is 0 Å². The van der Waals surface area contributed by atoms with Gasteiger partial charge in [0.2, 0.25) is 5.95 Å². The summed E-state index contributed by atoms with van der Waals surface area (Å²) < 4.78 is 13.0. The molecule has 0 bridgehead atoms. The van der Waals surface area contributed by atoms with Crippen LogP contribution < -0.4 is 10.6 Å². The fraction of sp³-hybridized carbons (Fsp3) is 0.158. The second-order valence-corrected chi connectivity index (χ2v) is 5.79. The van der Waals surface area contributed by atoms with Crippen LogP contribution in [0.4, 0.5) is 27.5 Å². The summed E-state index contributed by atoms with van der Waals surface area (Å²) >= 11 is 0. The monoisotopic (exact) mass is 322 g/mol. The Balaban J connectivity index is 1.84. The first kappa shape index (κ1) is 15.9. The molecule has 122 valence electrons. The molecule has 3 aromatic rings. The lowest BCUT2D eigenvalue weighted by Crippen LogP contribution is -2.03. The highest BCUT2D eigenvalue weighted by atomic mass is 19.1. The molecule has 0 saturated carbocycles. The average molecular weight is 322 g/mol. The molecule has 0 unspecified atom stereocenters. The van der Waals surface area contributed by atoms with E-state index in [2.05, 4.69) is 46.6 Å². The SMILES string of the molecule is Cc1ccc(Nc2cc(C)nc(Nc3ccc(F)cc3)n2)c(C)c1. The summed E-state index contributed by atoms with van der Waals surface area (Å²) in [4.78, 5) is 8.86. The smallest absolute Gasteiger partial charge is 0.229 e. The van der Waals surface area contributed by atoms with Crippen molar-refractivity contribution in [3.8, 4) is 0 Å². The highest BCUT2D eigenvalue weighted by molar-refractivity contribution is 5.63. The summed E-state index contributed by atoms with van der Waals surface area (Å²) in [5.41, 5.74) is 4.95. The molecular weight excluding hydrogens is 303 g/mol. The lowest BCUT2D eigenvalue weighted by molar-refractivity contribution is 0.628. The van der Waals surface area contributed by atoms with Crippen molar-refractivity contribution in [3.63, 3.8) is 0 Å². The van der Waals surface area contributed by atoms with Crippen molar-refractivity contribution in [1.82, 2.24) is 9.97 Å². The quantitative estimate of drug-likeness (QED) is 0.707. The van der Waals surface area contributed by atoms with Crippen LogP contribution in [0.3, 0.4) is 0 Å². The maximum absolute atomic E-state index is 13.0. The van der Waals surface area contributed by atoms with Crippen molar-refractivity contribution >= 4 is 23.1 Å². The minimum atomic E-state index is -0.275. The van der Waals surface area contributed by atoms with Crippen molar-refractivity contribution in [1.29, 1.82) is 0 Å². The number of nitrogens with zero attached hydrogens (tertiary/aromatic N) is 2. The van der Waals surface area contributed by atoms with E-state index in [9.17, 15) is 4.39 Å². The summed E-state index contributed by atoms with van der Waals surface area (Å²) in [6, 6.07) is 14.2. The fourth-order valence-electron chi connectivity index (χ4n) is 2.44. The van der Waals surface area contributed by atoms with Gasteiger partial charge in [0.1, 0.15) is 11.6 Å². The molecule has 1 heterocycles. The number of benzene rings is 2. The maximum Gasteiger partial charge on any atom is 0.229 e. The molecule has 2 N–H and O–H groups in total. The second-order valence-electron chi connectivity index (χ2n) is 5.79. The van der Waals surface area contributed by atoms with Gasteiger partial charge in [0.15, 0.2) is 0 Å². The highest BCUT2D eigenvalue weighted by Crippen LogP contribution is 2.22. The van der Waals surface area contributed by atoms with E-state index >= 15 is 0 Å². The molecule has 4 nitrogen and oxygen atoms in total. The predicted molar refractivity (Wildman–Crippen MR) is 95.7 cm³/mol. The maximum atomic E-state index is 13.0. The van der Waals surface area contributed by atoms with E-state index in [1.807, 2.05) is 19.1 Å². The average Bonchev–Trinajstić information content (AvgIpc) is 2.52. The molecule has 2 aromatic carbocycles. The predicted octanol–water partition coefficient (Wildman–Crippen LogP) is 5.03. The van der Waals surface area contributed by atoms with Gasteiger partial charge in [-0.15, -0.1) is 0 Å². The summed E-state index contributed by atoms with van der Waals surface area (Å²) in [6.45, 7) is 6.03. The first-order valence-electron chi connectivity index (χ1n) is 7.72. The van der Waals surface area contributed by atoms with Crippen LogP contribution in [-0.2, 0) is 0 Å². The van der Waals surface area contributed by atoms with E-state index in [1.165, 1.54) is 17.7 Å². The first-order chi connectivity index (χ1) is 11.5. The first-order valence-corrected chi connectivity index (χ1v) is 7.72. The lowest BCUT2D eigenvalue weighted by Gasteiger charge is -2.12. The molecular formula is C19H19FN4. The summed E-state index contributed by atoms with van der Waals surface area (Å²) in [6.07, 6.45) is 0. The van der Waals surface area contributed by atoms with E-state index in [1.54, 1.807) is 12.1 Å². The normalized spacial score (nSPS) is 10.5. The highest BCUT2D eigenvalue weighted by Gasteiger charge is 2.05. The number of hydrogen-bond donors (Lipinski definition) is 2. The van der Waals surface area contributed by atoms with Gasteiger partial charge in [0.25, 0.3) is 0 Å². The Morgan fingerprint density at radius 1 is 0.833 bits per heavy atom. The number of anilines is 4. The van der Waals surface area contributed by atoms with E-state index < -0.39 is 0 Å². The minimum absolute atomic E-state index is 0.275. The number of aromatic nitrogens is 2. The second kappa shape index (κ2) is 6.66. The number of aryl methyl sites for hydroxylation is 3. The van der Waals surface area contributed by atoms with Crippen molar-refractivity contribution < 1.29 is 4.39 Å². The molecule has 0 saturated heterocycles. The Hall–Kier alpha value is -2.95. The summed E-state index contributed by atoms with van der Waals surface area (Å²) in [5.74, 6) is 0.899. The van der Waals surface area contributed by atoms with Crippen LogP contribution in [0.5, 0.6) is 0 Å². The van der Waals surface area contributed by atoms with Crippen molar-refractivity contribution in [2.24, 2.45) is 0 Å².